The fourth-order valence-electron chi connectivity index (χ4n) is 2.60. The first-order valence-corrected chi connectivity index (χ1v) is 7.19. The molecule has 0 heterocycles. The van der Waals surface area contributed by atoms with Crippen LogP contribution in [0.2, 0.25) is 0 Å². The van der Waals surface area contributed by atoms with Crippen molar-refractivity contribution in [2.24, 2.45) is 0 Å². The number of ether oxygens (including phenoxy) is 2. The maximum atomic E-state index is 5.43. The first kappa shape index (κ1) is 18.5. The van der Waals surface area contributed by atoms with E-state index in [2.05, 4.69) is 31.3 Å². The van der Waals surface area contributed by atoms with Crippen molar-refractivity contribution in [1.29, 1.82) is 0 Å². The Bertz CT molecular complexity index is 537. The van der Waals surface area contributed by atoms with E-state index in [1.54, 1.807) is 14.2 Å². The van der Waals surface area contributed by atoms with Crippen LogP contribution in [0.15, 0.2) is 48.5 Å². The van der Waals surface area contributed by atoms with E-state index in [0.29, 0.717) is 0 Å². The van der Waals surface area contributed by atoms with Gasteiger partial charge in [-0.05, 0) is 26.0 Å². The fraction of sp³-hybridized carbons (Fsp3) is 0.333. The zero-order chi connectivity index (χ0) is 15.2. The third kappa shape index (κ3) is 4.24. The molecular weight excluding hydrogens is 342 g/mol. The zero-order valence-electron chi connectivity index (χ0n) is 13.5. The van der Waals surface area contributed by atoms with Gasteiger partial charge >= 0.3 is 0 Å². The Balaban J connectivity index is 0.00000242. The zero-order valence-corrected chi connectivity index (χ0v) is 15.2. The smallest absolute Gasteiger partial charge is 0.123 e. The number of nitrogens with one attached hydrogen (secondary N) is 1. The van der Waals surface area contributed by atoms with Crippen molar-refractivity contribution in [2.45, 2.75) is 25.9 Å². The van der Waals surface area contributed by atoms with E-state index in [-0.39, 0.29) is 29.1 Å². The SMILES string of the molecule is Br.COc1ccccc1[C@H](C)N[C@@H](C)c1ccccc1OC. The normalized spacial score (nSPS) is 12.9. The first-order chi connectivity index (χ1) is 10.2. The highest BCUT2D eigenvalue weighted by Gasteiger charge is 2.16. The summed E-state index contributed by atoms with van der Waals surface area (Å²) in [7, 11) is 3.41. The Labute approximate surface area is 143 Å². The molecule has 0 amide bonds. The summed E-state index contributed by atoms with van der Waals surface area (Å²) in [5.41, 5.74) is 2.31. The van der Waals surface area contributed by atoms with Crippen LogP contribution in [0.4, 0.5) is 0 Å². The fourth-order valence-corrected chi connectivity index (χ4v) is 2.60. The van der Waals surface area contributed by atoms with E-state index < -0.39 is 0 Å². The molecule has 3 nitrogen and oxygen atoms in total. The maximum absolute atomic E-state index is 5.43. The minimum absolute atomic E-state index is 0. The Hall–Kier alpha value is -1.52. The molecule has 2 aromatic rings. The largest absolute Gasteiger partial charge is 0.496 e. The lowest BCUT2D eigenvalue weighted by molar-refractivity contribution is 0.386. The van der Waals surface area contributed by atoms with E-state index in [0.717, 1.165) is 22.6 Å². The molecule has 0 saturated heterocycles. The van der Waals surface area contributed by atoms with Crippen LogP contribution in [0.1, 0.15) is 37.1 Å². The second-order valence-electron chi connectivity index (χ2n) is 5.09. The highest BCUT2D eigenvalue weighted by atomic mass is 79.9. The molecular formula is C18H24BrNO2. The van der Waals surface area contributed by atoms with Gasteiger partial charge in [0.05, 0.1) is 14.2 Å². The van der Waals surface area contributed by atoms with Crippen molar-refractivity contribution in [3.05, 3.63) is 59.7 Å². The van der Waals surface area contributed by atoms with Gasteiger partial charge in [0.2, 0.25) is 0 Å². The van der Waals surface area contributed by atoms with Crippen molar-refractivity contribution < 1.29 is 9.47 Å². The summed E-state index contributed by atoms with van der Waals surface area (Å²) in [5.74, 6) is 1.81. The molecule has 0 unspecified atom stereocenters. The molecule has 0 bridgehead atoms. The Morgan fingerprint density at radius 3 is 1.45 bits per heavy atom. The van der Waals surface area contributed by atoms with Crippen LogP contribution >= 0.6 is 17.0 Å². The van der Waals surface area contributed by atoms with Crippen LogP contribution in [-0.4, -0.2) is 14.2 Å². The van der Waals surface area contributed by atoms with Crippen molar-refractivity contribution in [2.75, 3.05) is 14.2 Å². The number of benzene rings is 2. The van der Waals surface area contributed by atoms with Gasteiger partial charge in [0.15, 0.2) is 0 Å². The lowest BCUT2D eigenvalue weighted by Crippen LogP contribution is -2.23. The van der Waals surface area contributed by atoms with Gasteiger partial charge in [-0.15, -0.1) is 17.0 Å². The molecule has 0 aliphatic rings. The van der Waals surface area contributed by atoms with Crippen molar-refractivity contribution in [3.63, 3.8) is 0 Å². The highest BCUT2D eigenvalue weighted by molar-refractivity contribution is 8.93. The summed E-state index contributed by atoms with van der Waals surface area (Å²) in [6.45, 7) is 4.29. The molecule has 0 aliphatic carbocycles. The number of para-hydroxylation sites is 2. The molecule has 0 aliphatic heterocycles. The molecule has 2 atom stereocenters. The second kappa shape index (κ2) is 8.81. The summed E-state index contributed by atoms with van der Waals surface area (Å²) in [4.78, 5) is 0. The third-order valence-electron chi connectivity index (χ3n) is 3.71. The predicted octanol–water partition coefficient (Wildman–Crippen LogP) is 4.69. The highest BCUT2D eigenvalue weighted by Crippen LogP contribution is 2.29. The van der Waals surface area contributed by atoms with Crippen molar-refractivity contribution in [1.82, 2.24) is 5.32 Å². The van der Waals surface area contributed by atoms with Crippen LogP contribution in [0.25, 0.3) is 0 Å². The summed E-state index contributed by atoms with van der Waals surface area (Å²) in [6, 6.07) is 16.5. The lowest BCUT2D eigenvalue weighted by Gasteiger charge is -2.23. The van der Waals surface area contributed by atoms with Crippen LogP contribution in [-0.2, 0) is 0 Å². The van der Waals surface area contributed by atoms with E-state index in [9.17, 15) is 0 Å². The van der Waals surface area contributed by atoms with Crippen LogP contribution in [0, 0.1) is 0 Å². The van der Waals surface area contributed by atoms with Gasteiger partial charge in [-0.3, -0.25) is 0 Å². The number of rotatable bonds is 6. The van der Waals surface area contributed by atoms with Gasteiger partial charge in [0, 0.05) is 23.2 Å². The van der Waals surface area contributed by atoms with Crippen molar-refractivity contribution in [3.8, 4) is 11.5 Å². The maximum Gasteiger partial charge on any atom is 0.123 e. The van der Waals surface area contributed by atoms with Gasteiger partial charge in [-0.2, -0.15) is 0 Å². The molecule has 2 aromatic carbocycles. The Kier molecular flexibility index (Phi) is 7.42. The van der Waals surface area contributed by atoms with Crippen LogP contribution in [0.5, 0.6) is 11.5 Å². The molecule has 1 N–H and O–H groups in total. The third-order valence-corrected chi connectivity index (χ3v) is 3.71. The summed E-state index contributed by atoms with van der Waals surface area (Å²) in [6.07, 6.45) is 0. The molecule has 0 saturated carbocycles. The Morgan fingerprint density at radius 2 is 1.09 bits per heavy atom. The average molecular weight is 366 g/mol. The van der Waals surface area contributed by atoms with Gasteiger partial charge < -0.3 is 14.8 Å². The lowest BCUT2D eigenvalue weighted by atomic mass is 10.0. The number of methoxy groups -OCH3 is 2. The summed E-state index contributed by atoms with van der Waals surface area (Å²) >= 11 is 0. The molecule has 120 valence electrons. The van der Waals surface area contributed by atoms with E-state index in [4.69, 9.17) is 9.47 Å². The van der Waals surface area contributed by atoms with E-state index >= 15 is 0 Å². The molecule has 4 heteroatoms. The van der Waals surface area contributed by atoms with Crippen LogP contribution in [0.3, 0.4) is 0 Å². The quantitative estimate of drug-likeness (QED) is 0.804. The van der Waals surface area contributed by atoms with Crippen LogP contribution < -0.4 is 14.8 Å². The first-order valence-electron chi connectivity index (χ1n) is 7.19. The minimum Gasteiger partial charge on any atom is -0.496 e. The molecule has 0 fully saturated rings. The topological polar surface area (TPSA) is 30.5 Å². The molecule has 22 heavy (non-hydrogen) atoms. The average Bonchev–Trinajstić information content (AvgIpc) is 2.54. The Morgan fingerprint density at radius 1 is 0.727 bits per heavy atom. The molecule has 2 rings (SSSR count). The number of hydrogen-bond donors (Lipinski definition) is 1. The number of hydrogen-bond acceptors (Lipinski definition) is 3. The minimum atomic E-state index is 0. The van der Waals surface area contributed by atoms with Gasteiger partial charge in [-0.25, -0.2) is 0 Å². The predicted molar refractivity (Wildman–Crippen MR) is 96.3 cm³/mol. The van der Waals surface area contributed by atoms with Gasteiger partial charge in [-0.1, -0.05) is 36.4 Å². The monoisotopic (exact) mass is 365 g/mol. The van der Waals surface area contributed by atoms with Crippen molar-refractivity contribution >= 4 is 17.0 Å². The van der Waals surface area contributed by atoms with Gasteiger partial charge in [0.25, 0.3) is 0 Å². The number of halogens is 1. The summed E-state index contributed by atoms with van der Waals surface area (Å²) < 4.78 is 10.9. The molecule has 0 spiro atoms. The van der Waals surface area contributed by atoms with Gasteiger partial charge in [0.1, 0.15) is 11.5 Å². The van der Waals surface area contributed by atoms with E-state index in [1.807, 2.05) is 36.4 Å². The molecule has 0 aromatic heterocycles. The standard InChI is InChI=1S/C18H23NO2.BrH/c1-13(15-9-5-7-11-17(15)20-3)19-14(2)16-10-6-8-12-18(16)21-4;/h5-14,19H,1-4H3;1H/t13-,14-;/m0./s1. The summed E-state index contributed by atoms with van der Waals surface area (Å²) in [5, 5.41) is 3.60. The molecule has 0 radical (unpaired) electrons. The van der Waals surface area contributed by atoms with E-state index in [1.165, 1.54) is 0 Å². The second-order valence-corrected chi connectivity index (χ2v) is 5.09.